The van der Waals surface area contributed by atoms with Crippen molar-refractivity contribution in [2.45, 2.75) is 129 Å². The van der Waals surface area contributed by atoms with Crippen molar-refractivity contribution in [1.82, 2.24) is 0 Å². The quantitative estimate of drug-likeness (QED) is 0.0102. The lowest BCUT2D eigenvalue weighted by Gasteiger charge is -2.46. The van der Waals surface area contributed by atoms with Crippen molar-refractivity contribution in [2.75, 3.05) is 19.8 Å². The number of phenols is 6. The molecule has 9 rings (SSSR count). The number of aliphatic carboxylic acids is 2. The fourth-order valence-corrected chi connectivity index (χ4v) is 10.1. The smallest absolute Gasteiger partial charge is 0.335 e. The van der Waals surface area contributed by atoms with Crippen LogP contribution in [-0.2, 0) is 61.9 Å². The summed E-state index contributed by atoms with van der Waals surface area (Å²) in [5, 5.41) is 201. The van der Waals surface area contributed by atoms with Crippen LogP contribution < -0.4 is 19.6 Å². The molecule has 37 heteroatoms. The van der Waals surface area contributed by atoms with Crippen LogP contribution in [0.4, 0.5) is 0 Å². The van der Waals surface area contributed by atoms with E-state index in [1.165, 1.54) is 18.2 Å². The van der Waals surface area contributed by atoms with Crippen molar-refractivity contribution < 1.29 is 178 Å². The first-order valence-corrected chi connectivity index (χ1v) is 28.7. The number of ether oxygens (including phenoxy) is 11. The molecule has 6 aliphatic rings. The minimum Gasteiger partial charge on any atom is -0.504 e. The number of aliphatic hydroxyl groups is 11. The molecule has 0 spiro atoms. The number of carboxylic acid groups (broad SMARTS) is 2. The first kappa shape index (κ1) is 71.8. The molecule has 0 amide bonds. The number of aliphatic hydroxyl groups excluding tert-OH is 11. The summed E-state index contributed by atoms with van der Waals surface area (Å²) in [6.45, 7) is -2.99. The Hall–Kier alpha value is -9.52. The van der Waals surface area contributed by atoms with E-state index in [9.17, 15) is 126 Å². The van der Waals surface area contributed by atoms with E-state index in [4.69, 9.17) is 56.5 Å². The lowest BCUT2D eigenvalue weighted by atomic mass is 9.97. The van der Waals surface area contributed by atoms with Gasteiger partial charge in [0.25, 0.3) is 0 Å². The van der Waals surface area contributed by atoms with Gasteiger partial charge in [-0.1, -0.05) is 12.1 Å². The topological polar surface area (TPSA) is 601 Å². The molecule has 1 aliphatic carbocycles. The summed E-state index contributed by atoms with van der Waals surface area (Å²) in [6, 6.07) is 11.0. The van der Waals surface area contributed by atoms with E-state index in [1.54, 1.807) is 0 Å². The summed E-state index contributed by atoms with van der Waals surface area (Å²) in [7, 11) is 0. The number of carbonyl (C=O) groups excluding carboxylic acids is 3. The Bertz CT molecular complexity index is 3780. The van der Waals surface area contributed by atoms with Gasteiger partial charge in [-0.3, -0.25) is 14.4 Å². The average molecular weight is 1380 g/mol. The molecule has 0 radical (unpaired) electrons. The molecule has 0 aromatic heterocycles. The number of rotatable bonds is 22. The van der Waals surface area contributed by atoms with Gasteiger partial charge in [0, 0.05) is 29.8 Å². The zero-order valence-electron chi connectivity index (χ0n) is 49.4. The van der Waals surface area contributed by atoms with Gasteiger partial charge in [-0.15, -0.1) is 0 Å². The van der Waals surface area contributed by atoms with E-state index < -0.39 is 259 Å². The number of fused-ring (bicyclic) bond motifs is 1. The van der Waals surface area contributed by atoms with Crippen LogP contribution in [0.1, 0.15) is 17.5 Å². The molecular formula is C60H62O37. The molecule has 19 N–H and O–H groups in total. The number of benzene rings is 4. The third-order valence-corrected chi connectivity index (χ3v) is 15.3. The SMILES string of the molecule is O=C(O)CC(=O)OC[C@H]1O[C@@H](Oc2cc3c(=O)cc(O[C@@H]4O[C@H](COC(=O)C=Cc5ccc(O)c(O)c5)[C@@H](O)[C@H](O)[C@H]4O)cc-3oc2-c2cc(O)c(O)c(O[C@@H]3O[C@H](C(=O)O)[C@@H](O)[C@H](O)[C@H]3O)c2)[C@H](O[C@@H]2O[C@H](CO)[C@@H](O)[C@H](O)[C@H]2OC(=O)C=Cc2ccc(O)c(O)c2)[C@@H](O)[C@H]1O. The molecule has 5 aliphatic heterocycles. The highest BCUT2D eigenvalue weighted by Crippen LogP contribution is 2.47. The standard InChI is InChI=1S/C60H62O37/c61-17-34-42(74)47(79)54(95-39(71)8-4-21-2-6-26(63)29(66)10-21)60(92-34)97-55-48(80)44(76)36(19-87-40(72)16-37(68)69)94-59(55)91-33-15-24-27(64)13-23(88-57-50(82)45(77)43(75)35(93-57)18-86-38(70)7-3-20-1-5-25(62)28(65)9-20)14-31(24)89-52(33)22-11-30(67)41(73)32(12-22)90-58-51(83)46(78)49(81)53(96-58)56(84)85/h1-15,34-36,42-51,53-55,57-63,65-67,73-83H,16-19H2,(H,68,69)(H,84,85)/t34-,35-,36-,42-,43-,44+,45+,46+,47+,48+,49+,50-,51-,53+,54-,55-,57-,58-,59-,60+/m1/s1. The molecule has 5 heterocycles. The van der Waals surface area contributed by atoms with Crippen LogP contribution in [0.5, 0.6) is 51.7 Å². The molecule has 4 fully saturated rings. The summed E-state index contributed by atoms with van der Waals surface area (Å²) < 4.78 is 68.1. The molecule has 0 bridgehead atoms. The second kappa shape index (κ2) is 30.3. The zero-order valence-corrected chi connectivity index (χ0v) is 49.4. The maximum atomic E-state index is 14.3. The van der Waals surface area contributed by atoms with Gasteiger partial charge in [-0.05, 0) is 65.7 Å². The summed E-state index contributed by atoms with van der Waals surface area (Å²) in [5.74, 6) is -15.4. The molecule has 97 heavy (non-hydrogen) atoms. The predicted octanol–water partition coefficient (Wildman–Crippen LogP) is -4.35. The number of esters is 3. The number of carboxylic acids is 2. The Kier molecular flexibility index (Phi) is 22.4. The second-order valence-corrected chi connectivity index (χ2v) is 22.0. The predicted molar refractivity (Wildman–Crippen MR) is 308 cm³/mol. The van der Waals surface area contributed by atoms with E-state index in [0.717, 1.165) is 66.8 Å². The highest BCUT2D eigenvalue weighted by atomic mass is 16.8. The maximum absolute atomic E-state index is 14.3. The highest BCUT2D eigenvalue weighted by molar-refractivity contribution is 5.90. The lowest BCUT2D eigenvalue weighted by molar-refractivity contribution is -0.358. The Morgan fingerprint density at radius 2 is 1.04 bits per heavy atom. The maximum Gasteiger partial charge on any atom is 0.335 e. The summed E-state index contributed by atoms with van der Waals surface area (Å²) in [4.78, 5) is 76.3. The monoisotopic (exact) mass is 1370 g/mol. The van der Waals surface area contributed by atoms with Gasteiger partial charge in [0.1, 0.15) is 110 Å². The Balaban J connectivity index is 1.10. The van der Waals surface area contributed by atoms with Crippen molar-refractivity contribution in [3.05, 3.63) is 100 Å². The Morgan fingerprint density at radius 1 is 0.495 bits per heavy atom. The molecule has 4 saturated heterocycles. The molecule has 20 atom stereocenters. The second-order valence-electron chi connectivity index (χ2n) is 22.0. The van der Waals surface area contributed by atoms with Crippen LogP contribution in [0.15, 0.2) is 88.1 Å². The van der Waals surface area contributed by atoms with E-state index in [-0.39, 0.29) is 11.1 Å². The van der Waals surface area contributed by atoms with Gasteiger partial charge in [-0.25, -0.2) is 14.4 Å². The summed E-state index contributed by atoms with van der Waals surface area (Å²) >= 11 is 0. The number of carbonyl (C=O) groups is 5. The van der Waals surface area contributed by atoms with Crippen LogP contribution in [0, 0.1) is 0 Å². The van der Waals surface area contributed by atoms with Crippen LogP contribution in [0.3, 0.4) is 0 Å². The molecule has 0 saturated carbocycles. The summed E-state index contributed by atoms with van der Waals surface area (Å²) in [6.07, 6.45) is -40.6. The minimum atomic E-state index is -2.42. The summed E-state index contributed by atoms with van der Waals surface area (Å²) in [5.41, 5.74) is -1.84. The number of hydrogen-bond donors (Lipinski definition) is 19. The normalized spacial score (nSPS) is 30.5. The van der Waals surface area contributed by atoms with Crippen molar-refractivity contribution >= 4 is 42.0 Å². The van der Waals surface area contributed by atoms with Gasteiger partial charge in [0.15, 0.2) is 76.0 Å². The van der Waals surface area contributed by atoms with E-state index in [0.29, 0.717) is 6.07 Å². The number of phenolic OH excluding ortho intramolecular Hbond substituents is 6. The first-order valence-electron chi connectivity index (χ1n) is 28.7. The molecule has 0 unspecified atom stereocenters. The van der Waals surface area contributed by atoms with E-state index in [1.807, 2.05) is 0 Å². The van der Waals surface area contributed by atoms with Gasteiger partial charge in [0.2, 0.25) is 24.6 Å². The minimum absolute atomic E-state index is 0.113. The fraction of sp³-hybridized carbons (Fsp3) is 0.400. The zero-order chi connectivity index (χ0) is 70.6. The van der Waals surface area contributed by atoms with Crippen molar-refractivity contribution in [1.29, 1.82) is 0 Å². The largest absolute Gasteiger partial charge is 0.504 e. The highest BCUT2D eigenvalue weighted by Gasteiger charge is 2.54. The first-order chi connectivity index (χ1) is 45.9. The molecule has 3 aromatic rings. The Morgan fingerprint density at radius 3 is 1.65 bits per heavy atom. The van der Waals surface area contributed by atoms with Gasteiger partial charge in [-0.2, -0.15) is 0 Å². The molecule has 37 nitrogen and oxygen atoms in total. The third kappa shape index (κ3) is 16.3. The molecule has 3 aromatic carbocycles. The average Bonchev–Trinajstić information content (AvgIpc) is 0.766. The van der Waals surface area contributed by atoms with Crippen LogP contribution in [-0.4, -0.2) is 270 Å². The van der Waals surface area contributed by atoms with Crippen LogP contribution >= 0.6 is 0 Å². The third-order valence-electron chi connectivity index (χ3n) is 15.3. The van der Waals surface area contributed by atoms with Gasteiger partial charge >= 0.3 is 29.8 Å². The lowest BCUT2D eigenvalue weighted by Crippen LogP contribution is -2.65. The molecule has 524 valence electrons. The van der Waals surface area contributed by atoms with Crippen LogP contribution in [0.25, 0.3) is 34.8 Å². The molecular weight excluding hydrogens is 1310 g/mol. The number of hydrogen-bond acceptors (Lipinski definition) is 35. The van der Waals surface area contributed by atoms with Crippen molar-refractivity contribution in [2.24, 2.45) is 0 Å². The number of aromatic hydroxyl groups is 6. The van der Waals surface area contributed by atoms with Gasteiger partial charge < -0.3 is 154 Å². The van der Waals surface area contributed by atoms with E-state index >= 15 is 0 Å². The van der Waals surface area contributed by atoms with Crippen molar-refractivity contribution in [3.63, 3.8) is 0 Å². The fourth-order valence-electron chi connectivity index (χ4n) is 10.1. The van der Waals surface area contributed by atoms with Gasteiger partial charge in [0.05, 0.1) is 12.2 Å². The Labute approximate surface area is 541 Å². The van der Waals surface area contributed by atoms with Crippen LogP contribution in [0.2, 0.25) is 0 Å². The van der Waals surface area contributed by atoms with E-state index in [2.05, 4.69) is 0 Å². The van der Waals surface area contributed by atoms with Crippen molar-refractivity contribution in [3.8, 4) is 74.4 Å².